The Morgan fingerprint density at radius 1 is 1.21 bits per heavy atom. The molecule has 108 valence electrons. The highest BCUT2D eigenvalue weighted by Gasteiger charge is 2.65. The maximum atomic E-state index is 5.68. The molecule has 0 amide bonds. The number of anilines is 1. The molecule has 0 radical (unpaired) electrons. The number of hydrogen-bond acceptors (Lipinski definition) is 5. The monoisotopic (exact) mass is 266 g/mol. The molecule has 2 rings (SSSR count). The molecule has 1 unspecified atom stereocenters. The van der Waals surface area contributed by atoms with Gasteiger partial charge in [-0.05, 0) is 30.7 Å². The van der Waals surface area contributed by atoms with Crippen LogP contribution in [0.4, 0.5) is 6.01 Å². The predicted molar refractivity (Wildman–Crippen MR) is 76.0 cm³/mol. The second-order valence-corrected chi connectivity index (χ2v) is 6.64. The molecule has 0 aliphatic heterocycles. The molecule has 1 fully saturated rings. The van der Waals surface area contributed by atoms with E-state index in [0.717, 1.165) is 13.0 Å². The van der Waals surface area contributed by atoms with E-state index in [1.54, 1.807) is 0 Å². The van der Waals surface area contributed by atoms with Gasteiger partial charge in [0.25, 0.3) is 0 Å². The Balaban J connectivity index is 1.95. The van der Waals surface area contributed by atoms with Crippen LogP contribution in [-0.2, 0) is 0 Å². The Hall–Kier alpha value is -1.10. The highest BCUT2D eigenvalue weighted by Crippen LogP contribution is 2.63. The molecular weight excluding hydrogens is 240 g/mol. The van der Waals surface area contributed by atoms with Gasteiger partial charge in [0, 0.05) is 6.04 Å². The molecule has 1 aromatic rings. The van der Waals surface area contributed by atoms with Gasteiger partial charge in [-0.1, -0.05) is 39.7 Å². The lowest BCUT2D eigenvalue weighted by molar-refractivity contribution is 0.422. The smallest absolute Gasteiger partial charge is 0.315 e. The Kier molecular flexibility index (Phi) is 3.60. The van der Waals surface area contributed by atoms with Crippen LogP contribution in [0, 0.1) is 10.8 Å². The third-order valence-electron chi connectivity index (χ3n) is 4.80. The van der Waals surface area contributed by atoms with Crippen molar-refractivity contribution in [3.63, 3.8) is 0 Å². The molecule has 1 atom stereocenters. The van der Waals surface area contributed by atoms with Gasteiger partial charge in [-0.25, -0.2) is 0 Å². The van der Waals surface area contributed by atoms with Crippen molar-refractivity contribution >= 4 is 6.01 Å². The molecular formula is C14H26N4O. The van der Waals surface area contributed by atoms with E-state index >= 15 is 0 Å². The zero-order valence-electron chi connectivity index (χ0n) is 12.9. The number of nitrogens with zero attached hydrogens (tertiary/aromatic N) is 2. The minimum absolute atomic E-state index is 0.100. The normalized spacial score (nSPS) is 22.2. The first-order chi connectivity index (χ1) is 8.80. The van der Waals surface area contributed by atoms with Crippen molar-refractivity contribution in [2.45, 2.75) is 60.0 Å². The molecule has 1 aromatic heterocycles. The highest BCUT2D eigenvalue weighted by molar-refractivity contribution is 5.33. The molecule has 5 heteroatoms. The summed E-state index contributed by atoms with van der Waals surface area (Å²) in [7, 11) is 0. The molecule has 0 saturated heterocycles. The molecule has 0 aromatic carbocycles. The van der Waals surface area contributed by atoms with Crippen LogP contribution in [0.1, 0.15) is 59.9 Å². The van der Waals surface area contributed by atoms with Crippen LogP contribution in [0.2, 0.25) is 0 Å². The summed E-state index contributed by atoms with van der Waals surface area (Å²) in [5.74, 6) is 0.646. The fraction of sp³-hybridized carbons (Fsp3) is 0.857. The van der Waals surface area contributed by atoms with Crippen molar-refractivity contribution in [2.24, 2.45) is 10.8 Å². The van der Waals surface area contributed by atoms with Crippen molar-refractivity contribution < 1.29 is 4.42 Å². The van der Waals surface area contributed by atoms with Gasteiger partial charge in [0.2, 0.25) is 5.89 Å². The largest absolute Gasteiger partial charge is 0.406 e. The molecule has 0 bridgehead atoms. The van der Waals surface area contributed by atoms with E-state index in [1.807, 2.05) is 6.92 Å². The summed E-state index contributed by atoms with van der Waals surface area (Å²) in [5, 5.41) is 14.9. The zero-order chi connectivity index (χ0) is 14.3. The fourth-order valence-corrected chi connectivity index (χ4v) is 2.60. The van der Waals surface area contributed by atoms with Gasteiger partial charge < -0.3 is 15.1 Å². The van der Waals surface area contributed by atoms with Crippen LogP contribution in [-0.4, -0.2) is 22.8 Å². The van der Waals surface area contributed by atoms with Gasteiger partial charge in [0.05, 0.1) is 6.04 Å². The lowest BCUT2D eigenvalue weighted by Crippen LogP contribution is -2.19. The van der Waals surface area contributed by atoms with Crippen molar-refractivity contribution in [1.29, 1.82) is 0 Å². The summed E-state index contributed by atoms with van der Waals surface area (Å²) in [6.07, 6.45) is 1.09. The third-order valence-corrected chi connectivity index (χ3v) is 4.80. The van der Waals surface area contributed by atoms with Crippen molar-refractivity contribution in [3.8, 4) is 0 Å². The lowest BCUT2D eigenvalue weighted by Gasteiger charge is -2.07. The summed E-state index contributed by atoms with van der Waals surface area (Å²) in [5.41, 5.74) is 0.515. The van der Waals surface area contributed by atoms with Gasteiger partial charge in [0.15, 0.2) is 0 Å². The predicted octanol–water partition coefficient (Wildman–Crippen LogP) is 2.98. The number of nitrogens with one attached hydrogen (secondary N) is 2. The van der Waals surface area contributed by atoms with Crippen LogP contribution >= 0.6 is 0 Å². The first kappa shape index (κ1) is 14.3. The van der Waals surface area contributed by atoms with E-state index in [2.05, 4.69) is 55.4 Å². The van der Waals surface area contributed by atoms with Crippen LogP contribution < -0.4 is 10.6 Å². The second kappa shape index (κ2) is 4.78. The lowest BCUT2D eigenvalue weighted by atomic mass is 10.0. The first-order valence-corrected chi connectivity index (χ1v) is 7.14. The van der Waals surface area contributed by atoms with Crippen molar-refractivity contribution in [1.82, 2.24) is 15.5 Å². The van der Waals surface area contributed by atoms with E-state index in [4.69, 9.17) is 4.42 Å². The summed E-state index contributed by atoms with van der Waals surface area (Å²) >= 11 is 0. The minimum atomic E-state index is 0.100. The van der Waals surface area contributed by atoms with E-state index in [1.165, 1.54) is 0 Å². The van der Waals surface area contributed by atoms with E-state index in [9.17, 15) is 0 Å². The van der Waals surface area contributed by atoms with Gasteiger partial charge in [-0.2, -0.15) is 0 Å². The zero-order valence-corrected chi connectivity index (χ0v) is 12.9. The van der Waals surface area contributed by atoms with E-state index in [-0.39, 0.29) is 16.9 Å². The summed E-state index contributed by atoms with van der Waals surface area (Å²) in [6.45, 7) is 14.2. The fourth-order valence-electron chi connectivity index (χ4n) is 2.60. The van der Waals surface area contributed by atoms with E-state index in [0.29, 0.717) is 17.9 Å². The summed E-state index contributed by atoms with van der Waals surface area (Å²) in [4.78, 5) is 0. The van der Waals surface area contributed by atoms with Crippen molar-refractivity contribution in [3.05, 3.63) is 5.89 Å². The first-order valence-electron chi connectivity index (χ1n) is 7.14. The van der Waals surface area contributed by atoms with E-state index < -0.39 is 0 Å². The molecule has 19 heavy (non-hydrogen) atoms. The van der Waals surface area contributed by atoms with Crippen molar-refractivity contribution in [2.75, 3.05) is 11.9 Å². The molecule has 1 heterocycles. The quantitative estimate of drug-likeness (QED) is 0.828. The van der Waals surface area contributed by atoms with Crippen LogP contribution in [0.25, 0.3) is 0 Å². The van der Waals surface area contributed by atoms with Gasteiger partial charge in [0.1, 0.15) is 0 Å². The van der Waals surface area contributed by atoms with Crippen LogP contribution in [0.15, 0.2) is 4.42 Å². The molecule has 0 spiro atoms. The Bertz CT molecular complexity index is 424. The molecule has 1 aliphatic carbocycles. The average molecular weight is 266 g/mol. The topological polar surface area (TPSA) is 63.0 Å². The number of aromatic nitrogens is 2. The molecule has 1 saturated carbocycles. The maximum Gasteiger partial charge on any atom is 0.315 e. The average Bonchev–Trinajstić information content (AvgIpc) is 2.76. The second-order valence-electron chi connectivity index (χ2n) is 6.64. The van der Waals surface area contributed by atoms with Gasteiger partial charge >= 0.3 is 6.01 Å². The Morgan fingerprint density at radius 3 is 2.37 bits per heavy atom. The molecule has 2 N–H and O–H groups in total. The molecule has 5 nitrogen and oxygen atoms in total. The maximum absolute atomic E-state index is 5.68. The Labute approximate surface area is 115 Å². The number of rotatable bonds is 6. The van der Waals surface area contributed by atoms with Crippen LogP contribution in [0.5, 0.6) is 0 Å². The summed E-state index contributed by atoms with van der Waals surface area (Å²) < 4.78 is 5.68. The molecule has 1 aliphatic rings. The highest BCUT2D eigenvalue weighted by atomic mass is 16.4. The van der Waals surface area contributed by atoms with Gasteiger partial charge in [-0.3, -0.25) is 0 Å². The summed E-state index contributed by atoms with van der Waals surface area (Å²) in [6, 6.07) is 1.01. The number of hydrogen-bond donors (Lipinski definition) is 2. The SMILES string of the molecule is CCCNC(C)c1nnc(NC2C(C)(C)C2(C)C)o1. The standard InChI is InChI=1S/C14H26N4O/c1-7-8-15-9(2)10-17-18-12(19-10)16-11-13(3,4)14(11,5)6/h9,11,15H,7-8H2,1-6H3,(H,16,18). The van der Waals surface area contributed by atoms with Gasteiger partial charge in [-0.15, -0.1) is 5.10 Å². The Morgan fingerprint density at radius 2 is 1.84 bits per heavy atom. The third kappa shape index (κ3) is 2.48. The minimum Gasteiger partial charge on any atom is -0.406 e. The van der Waals surface area contributed by atoms with Crippen LogP contribution in [0.3, 0.4) is 0 Å².